The Bertz CT molecular complexity index is 455. The Labute approximate surface area is 109 Å². The molecule has 96 valence electrons. The molecule has 1 atom stereocenters. The maximum absolute atomic E-state index is 12.1. The summed E-state index contributed by atoms with van der Waals surface area (Å²) in [5, 5.41) is 0. The number of terminal acetylenes is 1. The Kier molecular flexibility index (Phi) is 5.61. The van der Waals surface area contributed by atoms with Crippen molar-refractivity contribution in [2.24, 2.45) is 5.92 Å². The summed E-state index contributed by atoms with van der Waals surface area (Å²) in [6, 6.07) is 5.80. The first-order chi connectivity index (χ1) is 8.58. The van der Waals surface area contributed by atoms with Crippen molar-refractivity contribution in [1.82, 2.24) is 0 Å². The molecule has 2 nitrogen and oxygen atoms in total. The molecule has 0 amide bonds. The van der Waals surface area contributed by atoms with Gasteiger partial charge in [0.05, 0.1) is 0 Å². The molecule has 0 heterocycles. The lowest BCUT2D eigenvalue weighted by molar-refractivity contribution is -0.122. The lowest BCUT2D eigenvalue weighted by atomic mass is 9.94. The van der Waals surface area contributed by atoms with E-state index in [0.717, 1.165) is 23.1 Å². The molecule has 0 aromatic heterocycles. The van der Waals surface area contributed by atoms with Crippen LogP contribution in [0.15, 0.2) is 18.2 Å². The maximum Gasteiger partial charge on any atom is 0.140 e. The molecule has 0 aliphatic carbocycles. The second-order valence-corrected chi connectivity index (χ2v) is 4.61. The Morgan fingerprint density at radius 1 is 1.50 bits per heavy atom. The molecule has 1 rings (SSSR count). The van der Waals surface area contributed by atoms with E-state index in [-0.39, 0.29) is 11.7 Å². The van der Waals surface area contributed by atoms with E-state index >= 15 is 0 Å². The number of ether oxygens (including phenoxy) is 1. The summed E-state index contributed by atoms with van der Waals surface area (Å²) in [5.74, 6) is 2.87. The summed E-state index contributed by atoms with van der Waals surface area (Å²) >= 11 is 0. The highest BCUT2D eigenvalue weighted by Crippen LogP contribution is 2.15. The van der Waals surface area contributed by atoms with Gasteiger partial charge in [-0.1, -0.05) is 18.9 Å². The third kappa shape index (κ3) is 4.01. The standard InChI is InChI=1S/C16H20O2/c1-5-14-7-6-12(2)15(10-14)11-16(17)13(3)8-9-18-4/h1,6-7,10,13H,8-9,11H2,2-4H3. The zero-order chi connectivity index (χ0) is 13.5. The fourth-order valence-electron chi connectivity index (χ4n) is 1.77. The smallest absolute Gasteiger partial charge is 0.140 e. The molecule has 1 aromatic carbocycles. The number of ketones is 1. The molecule has 0 bridgehead atoms. The van der Waals surface area contributed by atoms with Crippen molar-refractivity contribution in [2.75, 3.05) is 13.7 Å². The monoisotopic (exact) mass is 244 g/mol. The van der Waals surface area contributed by atoms with Crippen molar-refractivity contribution >= 4 is 5.78 Å². The van der Waals surface area contributed by atoms with E-state index in [1.54, 1.807) is 7.11 Å². The van der Waals surface area contributed by atoms with Gasteiger partial charge in [-0.05, 0) is 36.6 Å². The van der Waals surface area contributed by atoms with Crippen LogP contribution in [0.3, 0.4) is 0 Å². The highest BCUT2D eigenvalue weighted by Gasteiger charge is 2.14. The maximum atomic E-state index is 12.1. The van der Waals surface area contributed by atoms with Gasteiger partial charge in [-0.15, -0.1) is 6.42 Å². The Morgan fingerprint density at radius 2 is 2.22 bits per heavy atom. The highest BCUT2D eigenvalue weighted by atomic mass is 16.5. The van der Waals surface area contributed by atoms with Crippen LogP contribution < -0.4 is 0 Å². The number of hydrogen-bond acceptors (Lipinski definition) is 2. The Balaban J connectivity index is 2.72. The van der Waals surface area contributed by atoms with E-state index in [2.05, 4.69) is 5.92 Å². The molecule has 1 aromatic rings. The second-order valence-electron chi connectivity index (χ2n) is 4.61. The number of methoxy groups -OCH3 is 1. The van der Waals surface area contributed by atoms with Gasteiger partial charge in [0.15, 0.2) is 0 Å². The van der Waals surface area contributed by atoms with Crippen LogP contribution in [0.5, 0.6) is 0 Å². The molecule has 0 fully saturated rings. The second kappa shape index (κ2) is 6.98. The lowest BCUT2D eigenvalue weighted by Crippen LogP contribution is -2.16. The summed E-state index contributed by atoms with van der Waals surface area (Å²) < 4.78 is 4.99. The fourth-order valence-corrected chi connectivity index (χ4v) is 1.77. The van der Waals surface area contributed by atoms with E-state index in [1.807, 2.05) is 32.0 Å². The number of benzene rings is 1. The minimum atomic E-state index is 0.0267. The van der Waals surface area contributed by atoms with E-state index < -0.39 is 0 Å². The first-order valence-electron chi connectivity index (χ1n) is 6.16. The van der Waals surface area contributed by atoms with Crippen LogP contribution in [0.2, 0.25) is 0 Å². The van der Waals surface area contributed by atoms with Gasteiger partial charge in [0.2, 0.25) is 0 Å². The van der Waals surface area contributed by atoms with Crippen LogP contribution in [-0.2, 0) is 16.0 Å². The van der Waals surface area contributed by atoms with Crippen molar-refractivity contribution < 1.29 is 9.53 Å². The summed E-state index contributed by atoms with van der Waals surface area (Å²) in [6.45, 7) is 4.57. The number of carbonyl (C=O) groups is 1. The average molecular weight is 244 g/mol. The third-order valence-electron chi connectivity index (χ3n) is 3.19. The van der Waals surface area contributed by atoms with Gasteiger partial charge in [-0.3, -0.25) is 4.79 Å². The molecular formula is C16H20O2. The van der Waals surface area contributed by atoms with Crippen molar-refractivity contribution in [3.63, 3.8) is 0 Å². The largest absolute Gasteiger partial charge is 0.385 e. The van der Waals surface area contributed by atoms with E-state index in [9.17, 15) is 4.79 Å². The minimum absolute atomic E-state index is 0.0267. The van der Waals surface area contributed by atoms with Crippen LogP contribution in [0.4, 0.5) is 0 Å². The van der Waals surface area contributed by atoms with Crippen LogP contribution in [0.1, 0.15) is 30.0 Å². The lowest BCUT2D eigenvalue weighted by Gasteiger charge is -2.11. The zero-order valence-corrected chi connectivity index (χ0v) is 11.3. The molecule has 0 spiro atoms. The summed E-state index contributed by atoms with van der Waals surface area (Å²) in [6.07, 6.45) is 6.59. The highest BCUT2D eigenvalue weighted by molar-refractivity contribution is 5.83. The predicted octanol–water partition coefficient (Wildman–Crippen LogP) is 2.76. The quantitative estimate of drug-likeness (QED) is 0.719. The van der Waals surface area contributed by atoms with Crippen molar-refractivity contribution in [3.8, 4) is 12.3 Å². The van der Waals surface area contributed by atoms with E-state index in [0.29, 0.717) is 13.0 Å². The molecule has 0 radical (unpaired) electrons. The fraction of sp³-hybridized carbons (Fsp3) is 0.438. The van der Waals surface area contributed by atoms with Crippen LogP contribution in [0, 0.1) is 25.2 Å². The number of Topliss-reactive ketones (excluding diaryl/α,β-unsaturated/α-hetero) is 1. The van der Waals surface area contributed by atoms with Gasteiger partial charge in [0.25, 0.3) is 0 Å². The Hall–Kier alpha value is -1.59. The molecule has 0 aliphatic rings. The first-order valence-corrected chi connectivity index (χ1v) is 6.16. The van der Waals surface area contributed by atoms with Crippen LogP contribution in [0.25, 0.3) is 0 Å². The summed E-state index contributed by atoms with van der Waals surface area (Å²) in [5.41, 5.74) is 2.97. The number of aryl methyl sites for hydroxylation is 1. The molecule has 1 unspecified atom stereocenters. The van der Waals surface area contributed by atoms with Crippen LogP contribution in [-0.4, -0.2) is 19.5 Å². The minimum Gasteiger partial charge on any atom is -0.385 e. The van der Waals surface area contributed by atoms with Crippen molar-refractivity contribution in [1.29, 1.82) is 0 Å². The third-order valence-corrected chi connectivity index (χ3v) is 3.19. The summed E-state index contributed by atoms with van der Waals surface area (Å²) in [4.78, 5) is 12.1. The van der Waals surface area contributed by atoms with E-state index in [1.165, 1.54) is 0 Å². The van der Waals surface area contributed by atoms with Crippen LogP contribution >= 0.6 is 0 Å². The normalized spacial score (nSPS) is 11.9. The zero-order valence-electron chi connectivity index (χ0n) is 11.3. The van der Waals surface area contributed by atoms with Gasteiger partial charge in [-0.2, -0.15) is 0 Å². The van der Waals surface area contributed by atoms with Gasteiger partial charge in [0.1, 0.15) is 5.78 Å². The summed E-state index contributed by atoms with van der Waals surface area (Å²) in [7, 11) is 1.65. The van der Waals surface area contributed by atoms with Gasteiger partial charge in [0, 0.05) is 31.6 Å². The van der Waals surface area contributed by atoms with Gasteiger partial charge < -0.3 is 4.74 Å². The van der Waals surface area contributed by atoms with Crippen molar-refractivity contribution in [2.45, 2.75) is 26.7 Å². The Morgan fingerprint density at radius 3 is 2.83 bits per heavy atom. The van der Waals surface area contributed by atoms with Crippen molar-refractivity contribution in [3.05, 3.63) is 34.9 Å². The molecule has 2 heteroatoms. The molecule has 18 heavy (non-hydrogen) atoms. The first kappa shape index (κ1) is 14.5. The molecule has 0 saturated carbocycles. The van der Waals surface area contributed by atoms with Gasteiger partial charge in [-0.25, -0.2) is 0 Å². The van der Waals surface area contributed by atoms with Gasteiger partial charge >= 0.3 is 0 Å². The number of rotatable bonds is 6. The number of hydrogen-bond donors (Lipinski definition) is 0. The molecular weight excluding hydrogens is 224 g/mol. The average Bonchev–Trinajstić information content (AvgIpc) is 2.38. The SMILES string of the molecule is C#Cc1ccc(C)c(CC(=O)C(C)CCOC)c1. The predicted molar refractivity (Wildman–Crippen MR) is 73.5 cm³/mol. The molecule has 0 saturated heterocycles. The molecule has 0 N–H and O–H groups in total. The topological polar surface area (TPSA) is 26.3 Å². The van der Waals surface area contributed by atoms with E-state index in [4.69, 9.17) is 11.2 Å². The molecule has 0 aliphatic heterocycles. The number of carbonyl (C=O) groups excluding carboxylic acids is 1.